The van der Waals surface area contributed by atoms with Gasteiger partial charge in [-0.2, -0.15) is 0 Å². The van der Waals surface area contributed by atoms with Crippen LogP contribution in [0, 0.1) is 23.7 Å². The first kappa shape index (κ1) is 33.4. The SMILES string of the molecule is C[C@H]1[C@@H](CSc2nncn2C)O[C@@H](c2ccc(-c3ccccc3CNC(=O)NC34CC5CC(CC(C5)C3)C4)cc2)O[C@H]1c1ccc(CO)cc1. The third-order valence-corrected chi connectivity index (χ3v) is 12.7. The Morgan fingerprint density at radius 1 is 0.940 bits per heavy atom. The van der Waals surface area contributed by atoms with Crippen molar-refractivity contribution in [1.82, 2.24) is 25.4 Å². The van der Waals surface area contributed by atoms with E-state index in [-0.39, 0.29) is 36.3 Å². The van der Waals surface area contributed by atoms with Gasteiger partial charge in [0.1, 0.15) is 6.33 Å². The van der Waals surface area contributed by atoms with Crippen LogP contribution in [-0.4, -0.2) is 43.3 Å². The van der Waals surface area contributed by atoms with Gasteiger partial charge >= 0.3 is 6.03 Å². The smallest absolute Gasteiger partial charge is 0.315 e. The summed E-state index contributed by atoms with van der Waals surface area (Å²) in [5, 5.41) is 25.4. The van der Waals surface area contributed by atoms with E-state index in [0.717, 1.165) is 75.6 Å². The molecule has 4 bridgehead atoms. The maximum Gasteiger partial charge on any atom is 0.315 e. The lowest BCUT2D eigenvalue weighted by Crippen LogP contribution is -2.61. The Labute approximate surface area is 298 Å². The Morgan fingerprint density at radius 3 is 2.28 bits per heavy atom. The first-order valence-electron chi connectivity index (χ1n) is 18.1. The minimum Gasteiger partial charge on any atom is -0.392 e. The van der Waals surface area contributed by atoms with Crippen LogP contribution >= 0.6 is 11.8 Å². The Morgan fingerprint density at radius 2 is 1.62 bits per heavy atom. The normalized spacial score (nSPS) is 29.9. The number of aryl methyl sites for hydroxylation is 1. The van der Waals surface area contributed by atoms with Gasteiger partial charge in [-0.05, 0) is 84.1 Å². The van der Waals surface area contributed by atoms with E-state index < -0.39 is 6.29 Å². The van der Waals surface area contributed by atoms with Crippen LogP contribution in [0.5, 0.6) is 0 Å². The summed E-state index contributed by atoms with van der Waals surface area (Å²) in [6.07, 6.45) is 8.35. The highest BCUT2D eigenvalue weighted by atomic mass is 32.2. The Bertz CT molecular complexity index is 1760. The molecule has 2 heterocycles. The number of aromatic nitrogens is 3. The fraction of sp³-hybridized carbons (Fsp3) is 0.475. The second-order valence-electron chi connectivity index (χ2n) is 15.1. The summed E-state index contributed by atoms with van der Waals surface area (Å²) in [7, 11) is 1.94. The van der Waals surface area contributed by atoms with E-state index in [1.165, 1.54) is 19.3 Å². The molecule has 2 amide bonds. The van der Waals surface area contributed by atoms with E-state index in [1.807, 2.05) is 48.0 Å². The van der Waals surface area contributed by atoms with E-state index in [1.54, 1.807) is 18.1 Å². The topological polar surface area (TPSA) is 111 Å². The maximum absolute atomic E-state index is 13.2. The number of nitrogens with one attached hydrogen (secondary N) is 2. The molecule has 0 spiro atoms. The summed E-state index contributed by atoms with van der Waals surface area (Å²) in [6.45, 7) is 2.63. The zero-order valence-electron chi connectivity index (χ0n) is 28.8. The fourth-order valence-corrected chi connectivity index (χ4v) is 10.4. The van der Waals surface area contributed by atoms with Crippen molar-refractivity contribution in [2.75, 3.05) is 5.75 Å². The number of urea groups is 1. The van der Waals surface area contributed by atoms with Gasteiger partial charge in [0.25, 0.3) is 0 Å². The number of carbonyl (C=O) groups excluding carboxylic acids is 1. The Balaban J connectivity index is 0.964. The van der Waals surface area contributed by atoms with Gasteiger partial charge in [0.05, 0.1) is 18.8 Å². The van der Waals surface area contributed by atoms with Crippen molar-refractivity contribution < 1.29 is 19.4 Å². The van der Waals surface area contributed by atoms with Gasteiger partial charge in [0, 0.05) is 36.4 Å². The quantitative estimate of drug-likeness (QED) is 0.149. The lowest BCUT2D eigenvalue weighted by Gasteiger charge is -2.56. The number of thioether (sulfide) groups is 1. The van der Waals surface area contributed by atoms with E-state index in [4.69, 9.17) is 9.47 Å². The van der Waals surface area contributed by atoms with Crippen LogP contribution < -0.4 is 10.6 Å². The molecule has 5 aliphatic rings. The number of aliphatic hydroxyl groups is 1. The average Bonchev–Trinajstić information content (AvgIpc) is 3.54. The fourth-order valence-electron chi connectivity index (χ4n) is 9.37. The molecule has 9 rings (SSSR count). The summed E-state index contributed by atoms with van der Waals surface area (Å²) in [4.78, 5) is 13.2. The van der Waals surface area contributed by atoms with Crippen LogP contribution in [0.15, 0.2) is 84.3 Å². The monoisotopic (exact) mass is 693 g/mol. The summed E-state index contributed by atoms with van der Waals surface area (Å²) in [5.41, 5.74) is 6.10. The summed E-state index contributed by atoms with van der Waals surface area (Å²) in [6, 6.07) is 24.6. The number of benzene rings is 3. The predicted molar refractivity (Wildman–Crippen MR) is 193 cm³/mol. The zero-order chi connectivity index (χ0) is 34.2. The molecular weight excluding hydrogens is 647 g/mol. The number of aliphatic hydroxyl groups excluding tert-OH is 1. The Kier molecular flexibility index (Phi) is 9.46. The third kappa shape index (κ3) is 6.95. The molecule has 0 radical (unpaired) electrons. The maximum atomic E-state index is 13.2. The molecule has 4 aromatic rings. The van der Waals surface area contributed by atoms with Crippen molar-refractivity contribution in [3.8, 4) is 11.1 Å². The number of ether oxygens (including phenoxy) is 2. The van der Waals surface area contributed by atoms with E-state index in [0.29, 0.717) is 12.3 Å². The Hall–Kier alpha value is -3.70. The largest absolute Gasteiger partial charge is 0.392 e. The molecule has 3 aromatic carbocycles. The zero-order valence-corrected chi connectivity index (χ0v) is 29.6. The minimum atomic E-state index is -0.557. The molecule has 9 nitrogen and oxygen atoms in total. The van der Waals surface area contributed by atoms with E-state index in [9.17, 15) is 9.90 Å². The molecule has 4 saturated carbocycles. The molecule has 50 heavy (non-hydrogen) atoms. The van der Waals surface area contributed by atoms with E-state index in [2.05, 4.69) is 64.2 Å². The van der Waals surface area contributed by atoms with Crippen LogP contribution in [0.4, 0.5) is 4.79 Å². The van der Waals surface area contributed by atoms with Crippen molar-refractivity contribution in [1.29, 1.82) is 0 Å². The molecule has 1 saturated heterocycles. The molecule has 4 aliphatic carbocycles. The number of hydrogen-bond acceptors (Lipinski definition) is 7. The minimum absolute atomic E-state index is 0.00460. The average molecular weight is 694 g/mol. The molecular formula is C40H47N5O4S. The van der Waals surface area contributed by atoms with Gasteiger partial charge in [-0.25, -0.2) is 4.79 Å². The highest BCUT2D eigenvalue weighted by molar-refractivity contribution is 7.99. The van der Waals surface area contributed by atoms with E-state index >= 15 is 0 Å². The summed E-state index contributed by atoms with van der Waals surface area (Å²) >= 11 is 1.63. The van der Waals surface area contributed by atoms with Crippen LogP contribution in [0.25, 0.3) is 11.1 Å². The second-order valence-corrected chi connectivity index (χ2v) is 16.1. The van der Waals surface area contributed by atoms with Gasteiger partial charge in [0.15, 0.2) is 11.4 Å². The van der Waals surface area contributed by atoms with Crippen molar-refractivity contribution in [2.24, 2.45) is 30.7 Å². The van der Waals surface area contributed by atoms with Crippen molar-refractivity contribution in [2.45, 2.75) is 87.8 Å². The molecule has 1 aromatic heterocycles. The number of rotatable bonds is 10. The standard InChI is InChI=1S/C40H47N5O4S/c1-25-35(23-50-39-44-42-24-45(39)2)48-37(49-36(25)31-9-7-26(22-46)8-10-31)32-13-11-30(12-14-32)34-6-4-3-5-33(34)21-41-38(47)43-40-18-27-15-28(19-40)17-29(16-27)20-40/h3-14,24-25,27-29,35-37,46H,15-23H2,1-2H3,(H2,41,43,47)/t25-,27?,28?,29?,35+,36+,37+,40?/m0/s1. The molecule has 5 fully saturated rings. The molecule has 0 unspecified atom stereocenters. The van der Waals surface area contributed by atoms with Gasteiger partial charge in [0.2, 0.25) is 0 Å². The number of hydrogen-bond donors (Lipinski definition) is 3. The predicted octanol–water partition coefficient (Wildman–Crippen LogP) is 7.33. The molecule has 262 valence electrons. The third-order valence-electron chi connectivity index (χ3n) is 11.5. The highest BCUT2D eigenvalue weighted by Gasteiger charge is 2.51. The van der Waals surface area contributed by atoms with Crippen molar-refractivity contribution in [3.63, 3.8) is 0 Å². The van der Waals surface area contributed by atoms with Crippen molar-refractivity contribution >= 4 is 17.8 Å². The van der Waals surface area contributed by atoms with Gasteiger partial charge in [-0.1, -0.05) is 91.5 Å². The van der Waals surface area contributed by atoms with Crippen LogP contribution in [-0.2, 0) is 29.7 Å². The van der Waals surface area contributed by atoms with Crippen LogP contribution in [0.3, 0.4) is 0 Å². The van der Waals surface area contributed by atoms with Gasteiger partial charge < -0.3 is 29.8 Å². The lowest BCUT2D eigenvalue weighted by atomic mass is 9.53. The first-order chi connectivity index (χ1) is 24.3. The molecule has 10 heteroatoms. The summed E-state index contributed by atoms with van der Waals surface area (Å²) < 4.78 is 15.3. The van der Waals surface area contributed by atoms with Gasteiger partial charge in [-0.15, -0.1) is 10.2 Å². The molecule has 1 aliphatic heterocycles. The number of nitrogens with zero attached hydrogens (tertiary/aromatic N) is 3. The summed E-state index contributed by atoms with van der Waals surface area (Å²) in [5.74, 6) is 3.14. The van der Waals surface area contributed by atoms with Crippen LogP contribution in [0.2, 0.25) is 0 Å². The molecule has 3 N–H and O–H groups in total. The van der Waals surface area contributed by atoms with Crippen LogP contribution in [0.1, 0.15) is 80.1 Å². The molecule has 4 atom stereocenters. The van der Waals surface area contributed by atoms with Crippen molar-refractivity contribution in [3.05, 3.63) is 101 Å². The second kappa shape index (κ2) is 14.1. The lowest BCUT2D eigenvalue weighted by molar-refractivity contribution is -0.268. The first-order valence-corrected chi connectivity index (χ1v) is 19.0. The van der Waals surface area contributed by atoms with Gasteiger partial charge in [-0.3, -0.25) is 0 Å². The number of amides is 2. The number of carbonyl (C=O) groups is 1. The highest BCUT2D eigenvalue weighted by Crippen LogP contribution is 2.55.